The van der Waals surface area contributed by atoms with E-state index in [0.29, 0.717) is 25.1 Å². The van der Waals surface area contributed by atoms with E-state index >= 15 is 0 Å². The number of thioether (sulfide) groups is 1. The highest BCUT2D eigenvalue weighted by atomic mass is 32.2. The Bertz CT molecular complexity index is 447. The summed E-state index contributed by atoms with van der Waals surface area (Å²) in [7, 11) is 0. The molecule has 1 N–H and O–H groups in total. The van der Waals surface area contributed by atoms with Gasteiger partial charge in [0.15, 0.2) is 0 Å². The van der Waals surface area contributed by atoms with Crippen LogP contribution in [0.5, 0.6) is 0 Å². The Kier molecular flexibility index (Phi) is 4.87. The van der Waals surface area contributed by atoms with E-state index in [4.69, 9.17) is 5.11 Å². The lowest BCUT2D eigenvalue weighted by Crippen LogP contribution is -2.46. The van der Waals surface area contributed by atoms with Crippen LogP contribution in [-0.4, -0.2) is 40.2 Å². The third kappa shape index (κ3) is 3.73. The number of hydrogen-bond donors (Lipinski definition) is 1. The minimum absolute atomic E-state index is 0.0197. The first kappa shape index (κ1) is 14.4. The van der Waals surface area contributed by atoms with Crippen LogP contribution >= 0.6 is 23.1 Å². The average molecular weight is 299 g/mol. The van der Waals surface area contributed by atoms with Crippen LogP contribution in [0.4, 0.5) is 0 Å². The fraction of sp³-hybridized carbons (Fsp3) is 0.538. The molecule has 4 nitrogen and oxygen atoms in total. The number of likely N-dealkylation sites (tertiary alicyclic amines) is 1. The third-order valence-electron chi connectivity index (χ3n) is 3.38. The van der Waals surface area contributed by atoms with E-state index in [1.165, 1.54) is 0 Å². The Labute approximate surface area is 120 Å². The Balaban J connectivity index is 1.84. The van der Waals surface area contributed by atoms with Crippen molar-refractivity contribution in [1.29, 1.82) is 0 Å². The van der Waals surface area contributed by atoms with Gasteiger partial charge in [0, 0.05) is 12.6 Å². The maximum absolute atomic E-state index is 12.1. The number of carboxylic acid groups (broad SMARTS) is 1. The molecule has 1 aliphatic rings. The number of rotatable bonds is 4. The smallest absolute Gasteiger partial charge is 0.306 e. The second kappa shape index (κ2) is 6.43. The third-order valence-corrected chi connectivity index (χ3v) is 5.49. The molecule has 2 rings (SSSR count). The normalized spacial score (nSPS) is 23.3. The largest absolute Gasteiger partial charge is 0.481 e. The van der Waals surface area contributed by atoms with Crippen molar-refractivity contribution in [3.05, 3.63) is 17.5 Å². The van der Waals surface area contributed by atoms with Crippen molar-refractivity contribution in [3.8, 4) is 0 Å². The first-order valence-electron chi connectivity index (χ1n) is 6.26. The Morgan fingerprint density at radius 3 is 2.95 bits per heavy atom. The monoisotopic (exact) mass is 299 g/mol. The molecule has 0 radical (unpaired) electrons. The van der Waals surface area contributed by atoms with Gasteiger partial charge in [-0.15, -0.1) is 23.1 Å². The summed E-state index contributed by atoms with van der Waals surface area (Å²) >= 11 is 3.18. The standard InChI is InChI=1S/C13H17NO3S2/c1-9-7-10(13(16)17)4-5-14(9)11(15)8-19-12-3-2-6-18-12/h2-3,6,9-10H,4-5,7-8H2,1H3,(H,16,17). The number of nitrogens with zero attached hydrogens (tertiary/aromatic N) is 1. The molecular weight excluding hydrogens is 282 g/mol. The molecule has 2 atom stereocenters. The Hall–Kier alpha value is -1.01. The second-order valence-electron chi connectivity index (χ2n) is 4.72. The number of amides is 1. The SMILES string of the molecule is CC1CC(C(=O)O)CCN1C(=O)CSc1cccs1. The molecule has 2 heterocycles. The molecule has 2 unspecified atom stereocenters. The fourth-order valence-corrected chi connectivity index (χ4v) is 4.00. The van der Waals surface area contributed by atoms with Gasteiger partial charge in [-0.2, -0.15) is 0 Å². The van der Waals surface area contributed by atoms with Crippen LogP contribution in [0.2, 0.25) is 0 Å². The zero-order valence-corrected chi connectivity index (χ0v) is 12.4. The lowest BCUT2D eigenvalue weighted by molar-refractivity contribution is -0.146. The van der Waals surface area contributed by atoms with E-state index in [9.17, 15) is 9.59 Å². The van der Waals surface area contributed by atoms with Gasteiger partial charge in [-0.25, -0.2) is 0 Å². The van der Waals surface area contributed by atoms with Crippen molar-refractivity contribution in [2.75, 3.05) is 12.3 Å². The Morgan fingerprint density at radius 1 is 1.58 bits per heavy atom. The first-order valence-corrected chi connectivity index (χ1v) is 8.13. The van der Waals surface area contributed by atoms with Gasteiger partial charge in [0.25, 0.3) is 0 Å². The number of carbonyl (C=O) groups excluding carboxylic acids is 1. The van der Waals surface area contributed by atoms with Crippen LogP contribution in [-0.2, 0) is 9.59 Å². The molecule has 1 aromatic heterocycles. The maximum atomic E-state index is 12.1. The van der Waals surface area contributed by atoms with Crippen LogP contribution in [0.3, 0.4) is 0 Å². The van der Waals surface area contributed by atoms with Gasteiger partial charge < -0.3 is 10.0 Å². The lowest BCUT2D eigenvalue weighted by Gasteiger charge is -2.36. The molecular formula is C13H17NO3S2. The number of thiophene rings is 1. The van der Waals surface area contributed by atoms with Gasteiger partial charge in [0.05, 0.1) is 15.9 Å². The number of carboxylic acids is 1. The van der Waals surface area contributed by atoms with Gasteiger partial charge in [-0.05, 0) is 31.2 Å². The molecule has 0 spiro atoms. The van der Waals surface area contributed by atoms with E-state index in [-0.39, 0.29) is 17.9 Å². The van der Waals surface area contributed by atoms with Crippen LogP contribution < -0.4 is 0 Å². The summed E-state index contributed by atoms with van der Waals surface area (Å²) in [5.41, 5.74) is 0. The molecule has 0 bridgehead atoms. The van der Waals surface area contributed by atoms with Gasteiger partial charge in [0.2, 0.25) is 5.91 Å². The van der Waals surface area contributed by atoms with Gasteiger partial charge in [-0.3, -0.25) is 9.59 Å². The predicted molar refractivity (Wildman–Crippen MR) is 76.6 cm³/mol. The molecule has 6 heteroatoms. The second-order valence-corrected chi connectivity index (χ2v) is 6.94. The van der Waals surface area contributed by atoms with Crippen molar-refractivity contribution in [2.24, 2.45) is 5.92 Å². The van der Waals surface area contributed by atoms with Crippen LogP contribution in [0, 0.1) is 5.92 Å². The minimum atomic E-state index is -0.744. The quantitative estimate of drug-likeness (QED) is 0.868. The van der Waals surface area contributed by atoms with E-state index in [0.717, 1.165) is 4.21 Å². The first-order chi connectivity index (χ1) is 9.08. The lowest BCUT2D eigenvalue weighted by atomic mass is 9.92. The summed E-state index contributed by atoms with van der Waals surface area (Å²) in [6.07, 6.45) is 1.12. The highest BCUT2D eigenvalue weighted by Crippen LogP contribution is 2.27. The molecule has 1 aromatic rings. The summed E-state index contributed by atoms with van der Waals surface area (Å²) in [4.78, 5) is 24.9. The summed E-state index contributed by atoms with van der Waals surface area (Å²) in [6, 6.07) is 3.99. The van der Waals surface area contributed by atoms with E-state index in [1.54, 1.807) is 23.1 Å². The van der Waals surface area contributed by atoms with Crippen molar-refractivity contribution < 1.29 is 14.7 Å². The maximum Gasteiger partial charge on any atom is 0.306 e. The number of aliphatic carboxylic acids is 1. The molecule has 1 saturated heterocycles. The van der Waals surface area contributed by atoms with Crippen LogP contribution in [0.1, 0.15) is 19.8 Å². The van der Waals surface area contributed by atoms with Gasteiger partial charge in [0.1, 0.15) is 0 Å². The molecule has 0 saturated carbocycles. The van der Waals surface area contributed by atoms with E-state index in [2.05, 4.69) is 0 Å². The van der Waals surface area contributed by atoms with Crippen molar-refractivity contribution in [2.45, 2.75) is 30.0 Å². The zero-order valence-electron chi connectivity index (χ0n) is 10.7. The molecule has 0 aliphatic carbocycles. The van der Waals surface area contributed by atoms with Crippen molar-refractivity contribution in [1.82, 2.24) is 4.90 Å². The predicted octanol–water partition coefficient (Wildman–Crippen LogP) is 2.55. The molecule has 104 valence electrons. The summed E-state index contributed by atoms with van der Waals surface area (Å²) in [5, 5.41) is 11.0. The topological polar surface area (TPSA) is 57.6 Å². The van der Waals surface area contributed by atoms with E-state index in [1.807, 2.05) is 29.3 Å². The molecule has 19 heavy (non-hydrogen) atoms. The van der Waals surface area contributed by atoms with Crippen molar-refractivity contribution in [3.63, 3.8) is 0 Å². The highest BCUT2D eigenvalue weighted by Gasteiger charge is 2.31. The number of carbonyl (C=O) groups is 2. The summed E-state index contributed by atoms with van der Waals surface area (Å²) in [5.74, 6) is -0.506. The molecule has 0 aromatic carbocycles. The summed E-state index contributed by atoms with van der Waals surface area (Å²) < 4.78 is 1.14. The molecule has 1 amide bonds. The average Bonchev–Trinajstić information content (AvgIpc) is 2.88. The van der Waals surface area contributed by atoms with Crippen LogP contribution in [0.25, 0.3) is 0 Å². The van der Waals surface area contributed by atoms with Gasteiger partial charge >= 0.3 is 5.97 Å². The minimum Gasteiger partial charge on any atom is -0.481 e. The molecule has 1 fully saturated rings. The highest BCUT2D eigenvalue weighted by molar-refractivity contribution is 8.01. The fourth-order valence-electron chi connectivity index (χ4n) is 2.33. The number of piperidine rings is 1. The van der Waals surface area contributed by atoms with Gasteiger partial charge in [-0.1, -0.05) is 6.07 Å². The van der Waals surface area contributed by atoms with Crippen LogP contribution in [0.15, 0.2) is 21.7 Å². The van der Waals surface area contributed by atoms with E-state index < -0.39 is 5.97 Å². The molecule has 1 aliphatic heterocycles. The van der Waals surface area contributed by atoms with Crippen molar-refractivity contribution >= 4 is 35.0 Å². The zero-order chi connectivity index (χ0) is 13.8. The number of hydrogen-bond acceptors (Lipinski definition) is 4. The Morgan fingerprint density at radius 2 is 2.37 bits per heavy atom. The summed E-state index contributed by atoms with van der Waals surface area (Å²) in [6.45, 7) is 2.49.